The third-order valence-electron chi connectivity index (χ3n) is 4.40. The molecular formula is C18H18BrF3N6O3. The van der Waals surface area contributed by atoms with Gasteiger partial charge in [-0.05, 0) is 41.9 Å². The Morgan fingerprint density at radius 3 is 2.61 bits per heavy atom. The molecule has 9 nitrogen and oxygen atoms in total. The molecule has 3 aromatic heterocycles. The van der Waals surface area contributed by atoms with E-state index in [2.05, 4.69) is 36.8 Å². The Morgan fingerprint density at radius 1 is 1.32 bits per heavy atom. The molecule has 1 atom stereocenters. The minimum atomic E-state index is -4.67. The van der Waals surface area contributed by atoms with E-state index in [0.717, 1.165) is 4.68 Å². The van der Waals surface area contributed by atoms with Gasteiger partial charge in [0.1, 0.15) is 11.8 Å². The number of anilines is 1. The number of furan rings is 1. The number of nitrogens with zero attached hydrogens (tertiary/aromatic N) is 4. The van der Waals surface area contributed by atoms with Gasteiger partial charge in [0, 0.05) is 13.2 Å². The monoisotopic (exact) mass is 502 g/mol. The van der Waals surface area contributed by atoms with Crippen LogP contribution in [-0.4, -0.2) is 31.4 Å². The summed E-state index contributed by atoms with van der Waals surface area (Å²) in [4.78, 5) is 25.2. The average molecular weight is 503 g/mol. The highest BCUT2D eigenvalue weighted by atomic mass is 79.9. The molecule has 0 aliphatic rings. The number of hydrogen-bond donors (Lipinski definition) is 2. The van der Waals surface area contributed by atoms with Crippen LogP contribution in [0.5, 0.6) is 0 Å². The predicted octanol–water partition coefficient (Wildman–Crippen LogP) is 3.43. The number of carbonyl (C=O) groups excluding carboxylic acids is 2. The molecule has 1 unspecified atom stereocenters. The summed E-state index contributed by atoms with van der Waals surface area (Å²) in [7, 11) is 1.56. The van der Waals surface area contributed by atoms with Gasteiger partial charge in [-0.2, -0.15) is 23.4 Å². The lowest BCUT2D eigenvalue weighted by molar-refractivity contribution is -0.142. The molecule has 0 saturated heterocycles. The molecule has 0 radical (unpaired) electrons. The highest BCUT2D eigenvalue weighted by Crippen LogP contribution is 2.36. The molecule has 3 aromatic rings. The van der Waals surface area contributed by atoms with Crippen molar-refractivity contribution in [1.82, 2.24) is 24.9 Å². The fourth-order valence-electron chi connectivity index (χ4n) is 2.82. The Balaban J connectivity index is 1.77. The quantitative estimate of drug-likeness (QED) is 0.536. The van der Waals surface area contributed by atoms with Gasteiger partial charge in [0.2, 0.25) is 5.91 Å². The number of amides is 2. The Labute approximate surface area is 182 Å². The standard InChI is InChI=1S/C18H18BrF3N6O3/c1-9-13(19)15(18(20,21)22)26-28(9)10(2)16(29)24-12-8-27(3)25-14(12)17(30)23-7-11-5-4-6-31-11/h4-6,8,10H,7H2,1-3H3,(H,23,30)(H,24,29). The SMILES string of the molecule is Cc1c(Br)c(C(F)(F)F)nn1C(C)C(=O)Nc1cn(C)nc1C(=O)NCc1ccco1. The highest BCUT2D eigenvalue weighted by molar-refractivity contribution is 9.10. The minimum absolute atomic E-state index is 0.0519. The molecule has 13 heteroatoms. The first kappa shape index (κ1) is 22.6. The Morgan fingerprint density at radius 2 is 2.03 bits per heavy atom. The second-order valence-corrected chi connectivity index (χ2v) is 7.48. The summed E-state index contributed by atoms with van der Waals surface area (Å²) >= 11 is 2.88. The maximum atomic E-state index is 13.1. The first-order valence-electron chi connectivity index (χ1n) is 8.96. The number of nitrogens with one attached hydrogen (secondary N) is 2. The van der Waals surface area contributed by atoms with E-state index >= 15 is 0 Å². The third-order valence-corrected chi connectivity index (χ3v) is 5.35. The zero-order valence-corrected chi connectivity index (χ0v) is 18.2. The first-order valence-corrected chi connectivity index (χ1v) is 9.75. The second-order valence-electron chi connectivity index (χ2n) is 6.68. The maximum Gasteiger partial charge on any atom is 0.436 e. The van der Waals surface area contributed by atoms with Crippen LogP contribution < -0.4 is 10.6 Å². The van der Waals surface area contributed by atoms with Crippen LogP contribution in [0, 0.1) is 6.92 Å². The van der Waals surface area contributed by atoms with E-state index in [-0.39, 0.29) is 28.1 Å². The van der Waals surface area contributed by atoms with E-state index < -0.39 is 29.7 Å². The fourth-order valence-corrected chi connectivity index (χ4v) is 3.30. The molecular weight excluding hydrogens is 485 g/mol. The molecule has 0 aliphatic heterocycles. The van der Waals surface area contributed by atoms with Crippen molar-refractivity contribution in [3.05, 3.63) is 51.9 Å². The topological polar surface area (TPSA) is 107 Å². The first-order chi connectivity index (χ1) is 14.5. The molecule has 2 amide bonds. The molecule has 0 fully saturated rings. The summed E-state index contributed by atoms with van der Waals surface area (Å²) < 4.78 is 46.5. The van der Waals surface area contributed by atoms with Crippen molar-refractivity contribution in [3.63, 3.8) is 0 Å². The number of aryl methyl sites for hydroxylation is 1. The molecule has 31 heavy (non-hydrogen) atoms. The number of alkyl halides is 3. The van der Waals surface area contributed by atoms with Crippen LogP contribution in [0.4, 0.5) is 18.9 Å². The van der Waals surface area contributed by atoms with Crippen LogP contribution in [0.15, 0.2) is 33.5 Å². The smallest absolute Gasteiger partial charge is 0.436 e. The molecule has 166 valence electrons. The fraction of sp³-hybridized carbons (Fsp3) is 0.333. The van der Waals surface area contributed by atoms with Crippen molar-refractivity contribution in [1.29, 1.82) is 0 Å². The van der Waals surface area contributed by atoms with Crippen LogP contribution in [0.2, 0.25) is 0 Å². The van der Waals surface area contributed by atoms with E-state index in [1.807, 2.05) is 0 Å². The molecule has 0 saturated carbocycles. The Hall–Kier alpha value is -3.09. The summed E-state index contributed by atoms with van der Waals surface area (Å²) in [6.45, 7) is 2.93. The highest BCUT2D eigenvalue weighted by Gasteiger charge is 2.39. The van der Waals surface area contributed by atoms with Gasteiger partial charge >= 0.3 is 6.18 Å². The van der Waals surface area contributed by atoms with Crippen LogP contribution in [-0.2, 0) is 24.6 Å². The number of carbonyl (C=O) groups is 2. The largest absolute Gasteiger partial charge is 0.467 e. The van der Waals surface area contributed by atoms with Gasteiger partial charge in [0.25, 0.3) is 5.91 Å². The van der Waals surface area contributed by atoms with Gasteiger partial charge < -0.3 is 15.1 Å². The van der Waals surface area contributed by atoms with E-state index in [1.165, 1.54) is 31.0 Å². The van der Waals surface area contributed by atoms with Crippen molar-refractivity contribution in [2.75, 3.05) is 5.32 Å². The second kappa shape index (κ2) is 8.57. The number of rotatable bonds is 6. The zero-order valence-electron chi connectivity index (χ0n) is 16.6. The van der Waals surface area contributed by atoms with E-state index in [1.54, 1.807) is 19.2 Å². The van der Waals surface area contributed by atoms with E-state index in [4.69, 9.17) is 4.42 Å². The third kappa shape index (κ3) is 4.81. The van der Waals surface area contributed by atoms with Crippen molar-refractivity contribution in [2.24, 2.45) is 7.05 Å². The van der Waals surface area contributed by atoms with E-state index in [9.17, 15) is 22.8 Å². The maximum absolute atomic E-state index is 13.1. The van der Waals surface area contributed by atoms with Crippen molar-refractivity contribution < 1.29 is 27.2 Å². The summed E-state index contributed by atoms with van der Waals surface area (Å²) in [5.41, 5.74) is -0.929. The van der Waals surface area contributed by atoms with Gasteiger partial charge in [-0.3, -0.25) is 19.0 Å². The molecule has 0 aliphatic carbocycles. The van der Waals surface area contributed by atoms with Gasteiger partial charge in [-0.25, -0.2) is 0 Å². The zero-order chi connectivity index (χ0) is 22.9. The van der Waals surface area contributed by atoms with Crippen LogP contribution in [0.1, 0.15) is 40.6 Å². The number of aromatic nitrogens is 4. The molecule has 0 spiro atoms. The normalized spacial score (nSPS) is 12.6. The Bertz CT molecular complexity index is 1100. The van der Waals surface area contributed by atoms with Crippen molar-refractivity contribution in [2.45, 2.75) is 32.6 Å². The van der Waals surface area contributed by atoms with Crippen LogP contribution in [0.25, 0.3) is 0 Å². The molecule has 3 rings (SSSR count). The van der Waals surface area contributed by atoms with Gasteiger partial charge in [-0.15, -0.1) is 0 Å². The predicted molar refractivity (Wildman–Crippen MR) is 106 cm³/mol. The van der Waals surface area contributed by atoms with Crippen LogP contribution in [0.3, 0.4) is 0 Å². The molecule has 3 heterocycles. The number of hydrogen-bond acceptors (Lipinski definition) is 5. The van der Waals surface area contributed by atoms with Crippen LogP contribution >= 0.6 is 15.9 Å². The lowest BCUT2D eigenvalue weighted by atomic mass is 10.2. The van der Waals surface area contributed by atoms with E-state index in [0.29, 0.717) is 5.76 Å². The molecule has 0 bridgehead atoms. The summed E-state index contributed by atoms with van der Waals surface area (Å²) in [6, 6.07) is 2.27. The minimum Gasteiger partial charge on any atom is -0.467 e. The summed E-state index contributed by atoms with van der Waals surface area (Å²) in [5, 5.41) is 12.7. The van der Waals surface area contributed by atoms with Gasteiger partial charge in [0.05, 0.1) is 28.7 Å². The van der Waals surface area contributed by atoms with Gasteiger partial charge in [0.15, 0.2) is 11.4 Å². The number of halogens is 4. The Kier molecular flexibility index (Phi) is 6.25. The molecule has 0 aromatic carbocycles. The van der Waals surface area contributed by atoms with Crippen molar-refractivity contribution in [3.8, 4) is 0 Å². The average Bonchev–Trinajstić information content (AvgIpc) is 3.40. The lowest BCUT2D eigenvalue weighted by Crippen LogP contribution is -2.28. The molecule has 2 N–H and O–H groups in total. The lowest BCUT2D eigenvalue weighted by Gasteiger charge is -2.14. The summed E-state index contributed by atoms with van der Waals surface area (Å²) in [6.07, 6.45) is -1.79. The van der Waals surface area contributed by atoms with Crippen molar-refractivity contribution >= 4 is 33.4 Å². The van der Waals surface area contributed by atoms with Gasteiger partial charge in [-0.1, -0.05) is 0 Å². The summed E-state index contributed by atoms with van der Waals surface area (Å²) in [5.74, 6) is -0.694.